The van der Waals surface area contributed by atoms with Crippen LogP contribution in [0.4, 0.5) is 4.79 Å². The second-order valence-corrected chi connectivity index (χ2v) is 12.4. The highest BCUT2D eigenvalue weighted by Gasteiger charge is 2.41. The van der Waals surface area contributed by atoms with Gasteiger partial charge in [0, 0.05) is 24.2 Å². The van der Waals surface area contributed by atoms with Crippen molar-refractivity contribution in [2.45, 2.75) is 57.1 Å². The van der Waals surface area contributed by atoms with Gasteiger partial charge in [0.25, 0.3) is 5.24 Å². The van der Waals surface area contributed by atoms with Crippen LogP contribution in [0.25, 0.3) is 0 Å². The molecule has 0 aromatic heterocycles. The van der Waals surface area contributed by atoms with E-state index in [0.717, 1.165) is 46.6 Å². The molecule has 2 fully saturated rings. The molecule has 2 aromatic carbocycles. The largest absolute Gasteiger partial charge is 0.492 e. The third kappa shape index (κ3) is 8.20. The van der Waals surface area contributed by atoms with Gasteiger partial charge in [0.05, 0.1) is 18.0 Å². The van der Waals surface area contributed by atoms with Gasteiger partial charge >= 0.3 is 5.97 Å². The molecule has 3 atom stereocenters. The summed E-state index contributed by atoms with van der Waals surface area (Å²) in [6.45, 7) is 9.75. The molecule has 10 heteroatoms. The summed E-state index contributed by atoms with van der Waals surface area (Å²) in [5.74, 6) is -0.233. The number of thioether (sulfide) groups is 1. The van der Waals surface area contributed by atoms with E-state index in [-0.39, 0.29) is 24.6 Å². The predicted octanol–water partition coefficient (Wildman–Crippen LogP) is 5.13. The number of benzene rings is 2. The standard InChI is InChI=1S/C29H35ClN2O6S/c1-19(31-12-13-36-24(16-31)21-6-5-7-22(30)15-21)18-37-23-10-8-20(9-11-23)14-25-27(34)32(28(35)39-25)17-26(33)38-29(2,3)4/h5-11,15,19,24-25H,12-14,16-18H2,1-4H3. The highest BCUT2D eigenvalue weighted by molar-refractivity contribution is 8.15. The van der Waals surface area contributed by atoms with Gasteiger partial charge in [0.1, 0.15) is 24.5 Å². The van der Waals surface area contributed by atoms with Crippen molar-refractivity contribution >= 4 is 40.5 Å². The first-order valence-corrected chi connectivity index (χ1v) is 14.3. The van der Waals surface area contributed by atoms with Crippen LogP contribution in [0.2, 0.25) is 5.02 Å². The lowest BCUT2D eigenvalue weighted by molar-refractivity contribution is -0.157. The van der Waals surface area contributed by atoms with Crippen LogP contribution >= 0.6 is 23.4 Å². The molecule has 39 heavy (non-hydrogen) atoms. The number of halogens is 1. The van der Waals surface area contributed by atoms with Crippen LogP contribution in [0.5, 0.6) is 5.75 Å². The molecule has 210 valence electrons. The summed E-state index contributed by atoms with van der Waals surface area (Å²) < 4.78 is 17.3. The molecule has 3 unspecified atom stereocenters. The summed E-state index contributed by atoms with van der Waals surface area (Å²) in [6.07, 6.45) is 0.359. The molecule has 2 aliphatic heterocycles. The maximum atomic E-state index is 12.8. The van der Waals surface area contributed by atoms with Gasteiger partial charge < -0.3 is 14.2 Å². The summed E-state index contributed by atoms with van der Waals surface area (Å²) in [5.41, 5.74) is 1.30. The van der Waals surface area contributed by atoms with Crippen molar-refractivity contribution in [2.75, 3.05) is 32.8 Å². The van der Waals surface area contributed by atoms with Crippen LogP contribution in [0.15, 0.2) is 48.5 Å². The molecule has 2 heterocycles. The van der Waals surface area contributed by atoms with Gasteiger partial charge in [-0.1, -0.05) is 47.6 Å². The highest BCUT2D eigenvalue weighted by atomic mass is 35.5. The number of morpholine rings is 1. The Bertz CT molecular complexity index is 1190. The van der Waals surface area contributed by atoms with E-state index in [2.05, 4.69) is 11.8 Å². The number of nitrogens with zero attached hydrogens (tertiary/aromatic N) is 2. The first-order valence-electron chi connectivity index (χ1n) is 13.0. The van der Waals surface area contributed by atoms with Crippen molar-refractivity contribution in [1.29, 1.82) is 0 Å². The monoisotopic (exact) mass is 574 g/mol. The minimum atomic E-state index is -0.682. The lowest BCUT2D eigenvalue weighted by Gasteiger charge is -2.37. The number of hydrogen-bond donors (Lipinski definition) is 0. The average molecular weight is 575 g/mol. The Kier molecular flexibility index (Phi) is 9.59. The number of ether oxygens (including phenoxy) is 3. The van der Waals surface area contributed by atoms with E-state index >= 15 is 0 Å². The smallest absolute Gasteiger partial charge is 0.326 e. The molecule has 0 aliphatic carbocycles. The van der Waals surface area contributed by atoms with Gasteiger partial charge in [-0.2, -0.15) is 0 Å². The van der Waals surface area contributed by atoms with Crippen LogP contribution < -0.4 is 4.74 Å². The first-order chi connectivity index (χ1) is 18.5. The Labute approximate surface area is 238 Å². The molecule has 4 rings (SSSR count). The fourth-order valence-corrected chi connectivity index (χ4v) is 5.74. The molecule has 8 nitrogen and oxygen atoms in total. The van der Waals surface area contributed by atoms with Crippen molar-refractivity contribution in [2.24, 2.45) is 0 Å². The molecule has 2 aromatic rings. The van der Waals surface area contributed by atoms with Crippen molar-refractivity contribution < 1.29 is 28.6 Å². The van der Waals surface area contributed by atoms with E-state index in [1.165, 1.54) is 0 Å². The number of esters is 1. The number of carbonyl (C=O) groups excluding carboxylic acids is 3. The Hall–Kier alpha value is -2.59. The summed E-state index contributed by atoms with van der Waals surface area (Å²) in [4.78, 5) is 40.6. The van der Waals surface area contributed by atoms with Gasteiger partial charge in [0.15, 0.2) is 0 Å². The SMILES string of the molecule is CC(COc1ccc(CC2SC(=O)N(CC(=O)OC(C)(C)C)C2=O)cc1)N1CCOC(c2cccc(Cl)c2)C1. The van der Waals surface area contributed by atoms with Gasteiger partial charge in [-0.25, -0.2) is 0 Å². The zero-order chi connectivity index (χ0) is 28.2. The third-order valence-electron chi connectivity index (χ3n) is 6.49. The summed E-state index contributed by atoms with van der Waals surface area (Å²) in [7, 11) is 0. The minimum Gasteiger partial charge on any atom is -0.492 e. The van der Waals surface area contributed by atoms with Crippen LogP contribution in [0.3, 0.4) is 0 Å². The molecule has 0 spiro atoms. The van der Waals surface area contributed by atoms with Gasteiger partial charge in [-0.3, -0.25) is 24.2 Å². The molecule has 2 saturated heterocycles. The fraction of sp³-hybridized carbons (Fsp3) is 0.483. The van der Waals surface area contributed by atoms with E-state index in [1.807, 2.05) is 48.5 Å². The molecule has 0 N–H and O–H groups in total. The van der Waals surface area contributed by atoms with Crippen molar-refractivity contribution in [3.8, 4) is 5.75 Å². The molecule has 0 saturated carbocycles. The van der Waals surface area contributed by atoms with Crippen molar-refractivity contribution in [1.82, 2.24) is 9.80 Å². The zero-order valence-corrected chi connectivity index (χ0v) is 24.3. The lowest BCUT2D eigenvalue weighted by Crippen LogP contribution is -2.45. The maximum absolute atomic E-state index is 12.8. The average Bonchev–Trinajstić information content (AvgIpc) is 3.14. The maximum Gasteiger partial charge on any atom is 0.326 e. The van der Waals surface area contributed by atoms with E-state index in [4.69, 9.17) is 25.8 Å². The number of carbonyl (C=O) groups is 3. The summed E-state index contributed by atoms with van der Waals surface area (Å²) >= 11 is 7.10. The fourth-order valence-electron chi connectivity index (χ4n) is 4.51. The topological polar surface area (TPSA) is 85.4 Å². The Morgan fingerprint density at radius 3 is 2.62 bits per heavy atom. The second-order valence-electron chi connectivity index (χ2n) is 10.8. The van der Waals surface area contributed by atoms with Crippen LogP contribution in [-0.2, 0) is 25.5 Å². The van der Waals surface area contributed by atoms with Crippen LogP contribution in [-0.4, -0.2) is 76.7 Å². The first kappa shape index (κ1) is 29.4. The third-order valence-corrected chi connectivity index (χ3v) is 7.80. The summed E-state index contributed by atoms with van der Waals surface area (Å²) in [5, 5.41) is -0.292. The normalized spacial score (nSPS) is 21.2. The van der Waals surface area contributed by atoms with E-state index < -0.39 is 22.1 Å². The van der Waals surface area contributed by atoms with Crippen LogP contribution in [0, 0.1) is 0 Å². The van der Waals surface area contributed by atoms with E-state index in [0.29, 0.717) is 24.7 Å². The Balaban J connectivity index is 1.25. The van der Waals surface area contributed by atoms with E-state index in [9.17, 15) is 14.4 Å². The number of rotatable bonds is 9. The molecular formula is C29H35ClN2O6S. The summed E-state index contributed by atoms with van der Waals surface area (Å²) in [6, 6.07) is 15.5. The van der Waals surface area contributed by atoms with Gasteiger partial charge in [-0.05, 0) is 69.5 Å². The molecular weight excluding hydrogens is 540 g/mol. The molecule has 2 amide bonds. The van der Waals surface area contributed by atoms with Crippen molar-refractivity contribution in [3.63, 3.8) is 0 Å². The number of amides is 2. The number of imide groups is 1. The quantitative estimate of drug-likeness (QED) is 0.381. The Morgan fingerprint density at radius 2 is 1.92 bits per heavy atom. The number of hydrogen-bond acceptors (Lipinski definition) is 8. The van der Waals surface area contributed by atoms with Gasteiger partial charge in [-0.15, -0.1) is 0 Å². The predicted molar refractivity (Wildman–Crippen MR) is 151 cm³/mol. The zero-order valence-electron chi connectivity index (χ0n) is 22.7. The van der Waals surface area contributed by atoms with Crippen molar-refractivity contribution in [3.05, 3.63) is 64.7 Å². The molecule has 0 radical (unpaired) electrons. The van der Waals surface area contributed by atoms with Crippen LogP contribution in [0.1, 0.15) is 44.9 Å². The minimum absolute atomic E-state index is 0.0257. The second kappa shape index (κ2) is 12.7. The molecule has 0 bridgehead atoms. The lowest BCUT2D eigenvalue weighted by atomic mass is 10.1. The molecule has 2 aliphatic rings. The highest BCUT2D eigenvalue weighted by Crippen LogP contribution is 2.30. The van der Waals surface area contributed by atoms with E-state index in [1.54, 1.807) is 20.8 Å². The Morgan fingerprint density at radius 1 is 1.18 bits per heavy atom. The van der Waals surface area contributed by atoms with Gasteiger partial charge in [0.2, 0.25) is 5.91 Å².